The number of hydrogen-bond acceptors (Lipinski definition) is 4. The number of ether oxygens (including phenoxy) is 1. The normalized spacial score (nSPS) is 10.6. The van der Waals surface area contributed by atoms with Gasteiger partial charge in [0.2, 0.25) is 0 Å². The van der Waals surface area contributed by atoms with Gasteiger partial charge < -0.3 is 4.74 Å². The maximum Gasteiger partial charge on any atom is 0.264 e. The maximum atomic E-state index is 11.9. The molecule has 1 aromatic heterocycles. The Morgan fingerprint density at radius 1 is 1.32 bits per heavy atom. The Morgan fingerprint density at radius 2 is 2.18 bits per heavy atom. The molecule has 0 unspecified atom stereocenters. The highest BCUT2D eigenvalue weighted by molar-refractivity contribution is 7.22. The molecule has 0 saturated carbocycles. The number of anilines is 1. The van der Waals surface area contributed by atoms with Crippen LogP contribution >= 0.6 is 22.9 Å². The van der Waals surface area contributed by atoms with E-state index in [1.165, 1.54) is 11.3 Å². The predicted octanol–water partition coefficient (Wildman–Crippen LogP) is 4.28. The summed E-state index contributed by atoms with van der Waals surface area (Å²) in [6.45, 7) is 1.92. The fourth-order valence-electron chi connectivity index (χ4n) is 1.96. The third-order valence-corrected chi connectivity index (χ3v) is 4.13. The van der Waals surface area contributed by atoms with Gasteiger partial charge in [-0.05, 0) is 42.8 Å². The van der Waals surface area contributed by atoms with E-state index in [0.717, 1.165) is 15.8 Å². The minimum atomic E-state index is -0.244. The molecule has 22 heavy (non-hydrogen) atoms. The maximum absolute atomic E-state index is 11.9. The van der Waals surface area contributed by atoms with Crippen molar-refractivity contribution >= 4 is 44.2 Å². The van der Waals surface area contributed by atoms with Crippen molar-refractivity contribution in [1.82, 2.24) is 4.98 Å². The number of aromatic nitrogens is 1. The Kier molecular flexibility index (Phi) is 4.27. The zero-order chi connectivity index (χ0) is 15.5. The standard InChI is InChI=1S/C16H13ClN2O2S/c1-10-3-2-4-12(7-10)21-9-15(20)19-16-18-13-6-5-11(17)8-14(13)22-16/h2-8H,9H2,1H3,(H,18,19,20). The summed E-state index contributed by atoms with van der Waals surface area (Å²) in [5.74, 6) is 0.429. The molecule has 0 aliphatic rings. The number of carbonyl (C=O) groups is 1. The number of halogens is 1. The highest BCUT2D eigenvalue weighted by Gasteiger charge is 2.09. The van der Waals surface area contributed by atoms with Crippen LogP contribution in [0.25, 0.3) is 10.2 Å². The number of nitrogens with zero attached hydrogens (tertiary/aromatic N) is 1. The average molecular weight is 333 g/mol. The second-order valence-electron chi connectivity index (χ2n) is 4.78. The number of amides is 1. The summed E-state index contributed by atoms with van der Waals surface area (Å²) in [7, 11) is 0. The molecule has 3 aromatic rings. The first-order valence-corrected chi connectivity index (χ1v) is 7.85. The van der Waals surface area contributed by atoms with Gasteiger partial charge in [0.25, 0.3) is 5.91 Å². The topological polar surface area (TPSA) is 51.2 Å². The van der Waals surface area contributed by atoms with Gasteiger partial charge in [-0.15, -0.1) is 0 Å². The van der Waals surface area contributed by atoms with E-state index in [1.54, 1.807) is 6.07 Å². The third kappa shape index (κ3) is 3.55. The molecule has 1 N–H and O–H groups in total. The van der Waals surface area contributed by atoms with Crippen molar-refractivity contribution in [1.29, 1.82) is 0 Å². The molecular formula is C16H13ClN2O2S. The van der Waals surface area contributed by atoms with E-state index in [2.05, 4.69) is 10.3 Å². The van der Waals surface area contributed by atoms with Gasteiger partial charge in [-0.3, -0.25) is 10.1 Å². The van der Waals surface area contributed by atoms with Crippen LogP contribution in [0.5, 0.6) is 5.75 Å². The van der Waals surface area contributed by atoms with Gasteiger partial charge in [0.15, 0.2) is 11.7 Å². The summed E-state index contributed by atoms with van der Waals surface area (Å²) >= 11 is 7.32. The summed E-state index contributed by atoms with van der Waals surface area (Å²) in [6.07, 6.45) is 0. The van der Waals surface area contributed by atoms with Gasteiger partial charge in [-0.1, -0.05) is 35.1 Å². The van der Waals surface area contributed by atoms with Crippen molar-refractivity contribution in [3.05, 3.63) is 53.1 Å². The molecule has 1 amide bonds. The van der Waals surface area contributed by atoms with Crippen LogP contribution in [0.15, 0.2) is 42.5 Å². The van der Waals surface area contributed by atoms with E-state index in [0.29, 0.717) is 15.9 Å². The fraction of sp³-hybridized carbons (Fsp3) is 0.125. The smallest absolute Gasteiger partial charge is 0.264 e. The number of rotatable bonds is 4. The van der Waals surface area contributed by atoms with Gasteiger partial charge in [0.05, 0.1) is 10.2 Å². The van der Waals surface area contributed by atoms with Crippen molar-refractivity contribution in [2.45, 2.75) is 6.92 Å². The van der Waals surface area contributed by atoms with Crippen LogP contribution in [-0.2, 0) is 4.79 Å². The van der Waals surface area contributed by atoms with E-state index >= 15 is 0 Å². The lowest BCUT2D eigenvalue weighted by Gasteiger charge is -2.06. The lowest BCUT2D eigenvalue weighted by molar-refractivity contribution is -0.118. The second-order valence-corrected chi connectivity index (χ2v) is 6.25. The Morgan fingerprint density at radius 3 is 3.00 bits per heavy atom. The third-order valence-electron chi connectivity index (χ3n) is 2.96. The van der Waals surface area contributed by atoms with Crippen LogP contribution in [-0.4, -0.2) is 17.5 Å². The Labute approximate surface area is 136 Å². The Bertz CT molecular complexity index is 832. The molecule has 0 atom stereocenters. The summed E-state index contributed by atoms with van der Waals surface area (Å²) in [5.41, 5.74) is 1.89. The van der Waals surface area contributed by atoms with E-state index in [1.807, 2.05) is 43.3 Å². The molecule has 0 fully saturated rings. The number of fused-ring (bicyclic) bond motifs is 1. The van der Waals surface area contributed by atoms with Crippen molar-refractivity contribution in [2.75, 3.05) is 11.9 Å². The molecule has 0 bridgehead atoms. The van der Waals surface area contributed by atoms with Crippen LogP contribution < -0.4 is 10.1 Å². The van der Waals surface area contributed by atoms with Gasteiger partial charge in [0.1, 0.15) is 5.75 Å². The van der Waals surface area contributed by atoms with E-state index in [4.69, 9.17) is 16.3 Å². The summed E-state index contributed by atoms with van der Waals surface area (Å²) in [5, 5.41) is 3.92. The Hall–Kier alpha value is -2.11. The molecule has 4 nitrogen and oxygen atoms in total. The SMILES string of the molecule is Cc1cccc(OCC(=O)Nc2nc3ccc(Cl)cc3s2)c1. The van der Waals surface area contributed by atoms with Gasteiger partial charge in [-0.2, -0.15) is 0 Å². The molecular weight excluding hydrogens is 320 g/mol. The van der Waals surface area contributed by atoms with Gasteiger partial charge >= 0.3 is 0 Å². The molecule has 0 aliphatic heterocycles. The van der Waals surface area contributed by atoms with Crippen LogP contribution in [0, 0.1) is 6.92 Å². The lowest BCUT2D eigenvalue weighted by atomic mass is 10.2. The number of aryl methyl sites for hydroxylation is 1. The molecule has 0 spiro atoms. The summed E-state index contributed by atoms with van der Waals surface area (Å²) in [6, 6.07) is 13.0. The van der Waals surface area contributed by atoms with Crippen LogP contribution in [0.2, 0.25) is 5.02 Å². The molecule has 0 aliphatic carbocycles. The van der Waals surface area contributed by atoms with Crippen LogP contribution in [0.1, 0.15) is 5.56 Å². The number of carbonyl (C=O) groups excluding carboxylic acids is 1. The van der Waals surface area contributed by atoms with E-state index in [9.17, 15) is 4.79 Å². The molecule has 0 saturated heterocycles. The number of benzene rings is 2. The first kappa shape index (κ1) is 14.8. The molecule has 1 heterocycles. The Balaban J connectivity index is 1.63. The molecule has 0 radical (unpaired) electrons. The number of thiazole rings is 1. The van der Waals surface area contributed by atoms with Gasteiger partial charge in [-0.25, -0.2) is 4.98 Å². The minimum absolute atomic E-state index is 0.0554. The summed E-state index contributed by atoms with van der Waals surface area (Å²) in [4.78, 5) is 16.3. The molecule has 3 rings (SSSR count). The highest BCUT2D eigenvalue weighted by atomic mass is 35.5. The molecule has 6 heteroatoms. The van der Waals surface area contributed by atoms with Crippen molar-refractivity contribution in [3.8, 4) is 5.75 Å². The first-order valence-electron chi connectivity index (χ1n) is 6.65. The predicted molar refractivity (Wildman–Crippen MR) is 89.9 cm³/mol. The average Bonchev–Trinajstić information content (AvgIpc) is 2.86. The van der Waals surface area contributed by atoms with Crippen molar-refractivity contribution < 1.29 is 9.53 Å². The summed E-state index contributed by atoms with van der Waals surface area (Å²) < 4.78 is 6.39. The molecule has 2 aromatic carbocycles. The second kappa shape index (κ2) is 6.34. The highest BCUT2D eigenvalue weighted by Crippen LogP contribution is 2.28. The van der Waals surface area contributed by atoms with E-state index in [-0.39, 0.29) is 12.5 Å². The number of nitrogens with one attached hydrogen (secondary N) is 1. The first-order chi connectivity index (χ1) is 10.6. The number of hydrogen-bond donors (Lipinski definition) is 1. The zero-order valence-electron chi connectivity index (χ0n) is 11.8. The van der Waals surface area contributed by atoms with E-state index < -0.39 is 0 Å². The minimum Gasteiger partial charge on any atom is -0.484 e. The zero-order valence-corrected chi connectivity index (χ0v) is 13.4. The van der Waals surface area contributed by atoms with Crippen LogP contribution in [0.4, 0.5) is 5.13 Å². The van der Waals surface area contributed by atoms with Crippen molar-refractivity contribution in [3.63, 3.8) is 0 Å². The van der Waals surface area contributed by atoms with Crippen molar-refractivity contribution in [2.24, 2.45) is 0 Å². The van der Waals surface area contributed by atoms with Gasteiger partial charge in [0, 0.05) is 5.02 Å². The van der Waals surface area contributed by atoms with Crippen LogP contribution in [0.3, 0.4) is 0 Å². The monoisotopic (exact) mass is 332 g/mol. The largest absolute Gasteiger partial charge is 0.484 e. The quantitative estimate of drug-likeness (QED) is 0.776. The molecule has 112 valence electrons. The lowest BCUT2D eigenvalue weighted by Crippen LogP contribution is -2.20. The fourth-order valence-corrected chi connectivity index (χ4v) is 3.12.